The maximum absolute atomic E-state index is 12.7. The Hall–Kier alpha value is -2.71. The lowest BCUT2D eigenvalue weighted by molar-refractivity contribution is -0.118. The van der Waals surface area contributed by atoms with Crippen LogP contribution in [0, 0.1) is 13.8 Å². The first-order valence-corrected chi connectivity index (χ1v) is 10.4. The van der Waals surface area contributed by atoms with Gasteiger partial charge in [-0.25, -0.2) is 8.42 Å². The maximum Gasteiger partial charge on any atom is 0.245 e. The van der Waals surface area contributed by atoms with Crippen LogP contribution in [0.15, 0.2) is 47.4 Å². The third-order valence-electron chi connectivity index (χ3n) is 4.79. The first-order valence-electron chi connectivity index (χ1n) is 8.96. The number of nitrogens with one attached hydrogen (secondary N) is 2. The molecule has 0 saturated carbocycles. The summed E-state index contributed by atoms with van der Waals surface area (Å²) in [7, 11) is -3.85. The van der Waals surface area contributed by atoms with Crippen LogP contribution >= 0.6 is 0 Å². The molecule has 1 aliphatic heterocycles. The van der Waals surface area contributed by atoms with Crippen LogP contribution in [0.5, 0.6) is 0 Å². The third kappa shape index (κ3) is 4.23. The Kier molecular flexibility index (Phi) is 5.53. The highest BCUT2D eigenvalue weighted by molar-refractivity contribution is 7.89. The number of hydrogen-bond acceptors (Lipinski definition) is 4. The van der Waals surface area contributed by atoms with Gasteiger partial charge in [0.2, 0.25) is 21.8 Å². The van der Waals surface area contributed by atoms with Crippen molar-refractivity contribution in [1.82, 2.24) is 4.72 Å². The fraction of sp³-hybridized carbons (Fsp3) is 0.300. The van der Waals surface area contributed by atoms with E-state index in [4.69, 9.17) is 0 Å². The number of rotatable bonds is 5. The highest BCUT2D eigenvalue weighted by Crippen LogP contribution is 2.25. The molecule has 0 spiro atoms. The zero-order chi connectivity index (χ0) is 20.5. The number of carbonyl (C=O) groups is 2. The Morgan fingerprint density at radius 3 is 2.36 bits per heavy atom. The van der Waals surface area contributed by atoms with E-state index < -0.39 is 16.1 Å². The van der Waals surface area contributed by atoms with Gasteiger partial charge in [0.1, 0.15) is 6.04 Å². The second-order valence-corrected chi connectivity index (χ2v) is 8.64. The molecule has 2 N–H and O–H groups in total. The largest absolute Gasteiger partial charge is 0.326 e. The molecule has 7 nitrogen and oxygen atoms in total. The highest BCUT2D eigenvalue weighted by Gasteiger charge is 2.35. The molecule has 2 aromatic carbocycles. The summed E-state index contributed by atoms with van der Waals surface area (Å²) < 4.78 is 27.8. The number of sulfonamides is 1. The number of carbonyl (C=O) groups excluding carboxylic acids is 2. The summed E-state index contributed by atoms with van der Waals surface area (Å²) in [6, 6.07) is 10.8. The quantitative estimate of drug-likeness (QED) is 0.804. The Balaban J connectivity index is 1.73. The van der Waals surface area contributed by atoms with Crippen molar-refractivity contribution in [2.24, 2.45) is 0 Å². The normalized spacial score (nSPS) is 17.0. The van der Waals surface area contributed by atoms with Gasteiger partial charge in [-0.2, -0.15) is 4.72 Å². The summed E-state index contributed by atoms with van der Waals surface area (Å²) in [5.74, 6) is -0.501. The van der Waals surface area contributed by atoms with Crippen LogP contribution in [-0.2, 0) is 19.6 Å². The Labute approximate surface area is 164 Å². The van der Waals surface area contributed by atoms with Crippen molar-refractivity contribution >= 4 is 33.2 Å². The molecule has 1 unspecified atom stereocenters. The lowest BCUT2D eigenvalue weighted by atomic mass is 10.1. The molecule has 1 heterocycles. The van der Waals surface area contributed by atoms with E-state index in [9.17, 15) is 18.0 Å². The lowest BCUT2D eigenvalue weighted by Gasteiger charge is -2.18. The van der Waals surface area contributed by atoms with Gasteiger partial charge in [-0.3, -0.25) is 9.59 Å². The average Bonchev–Trinajstić information content (AvgIpc) is 2.97. The van der Waals surface area contributed by atoms with E-state index in [0.29, 0.717) is 18.7 Å². The second kappa shape index (κ2) is 7.73. The molecule has 0 radical (unpaired) electrons. The number of aryl methyl sites for hydroxylation is 2. The molecule has 8 heteroatoms. The van der Waals surface area contributed by atoms with Crippen LogP contribution in [0.2, 0.25) is 0 Å². The van der Waals surface area contributed by atoms with E-state index in [0.717, 1.165) is 16.8 Å². The molecular weight excluding hydrogens is 378 g/mol. The van der Waals surface area contributed by atoms with Crippen molar-refractivity contribution in [2.45, 2.75) is 38.1 Å². The van der Waals surface area contributed by atoms with Gasteiger partial charge in [0.05, 0.1) is 4.90 Å². The third-order valence-corrected chi connectivity index (χ3v) is 6.28. The van der Waals surface area contributed by atoms with E-state index in [1.807, 2.05) is 32.0 Å². The first kappa shape index (κ1) is 20.0. The number of amides is 2. The minimum Gasteiger partial charge on any atom is -0.326 e. The van der Waals surface area contributed by atoms with Crippen LogP contribution in [-0.4, -0.2) is 32.8 Å². The average molecular weight is 401 g/mol. The zero-order valence-corrected chi connectivity index (χ0v) is 16.8. The predicted octanol–water partition coefficient (Wildman–Crippen LogP) is 2.35. The summed E-state index contributed by atoms with van der Waals surface area (Å²) in [5, 5.41) is 2.58. The molecule has 1 saturated heterocycles. The monoisotopic (exact) mass is 401 g/mol. The number of benzene rings is 2. The summed E-state index contributed by atoms with van der Waals surface area (Å²) in [4.78, 5) is 25.5. The molecule has 2 aromatic rings. The van der Waals surface area contributed by atoms with Gasteiger partial charge in [0.25, 0.3) is 0 Å². The van der Waals surface area contributed by atoms with Crippen LogP contribution in [0.25, 0.3) is 0 Å². The molecule has 0 aliphatic carbocycles. The van der Waals surface area contributed by atoms with Gasteiger partial charge < -0.3 is 10.2 Å². The molecule has 1 fully saturated rings. The first-order chi connectivity index (χ1) is 13.2. The van der Waals surface area contributed by atoms with Crippen LogP contribution in [0.4, 0.5) is 11.4 Å². The van der Waals surface area contributed by atoms with E-state index >= 15 is 0 Å². The van der Waals surface area contributed by atoms with Crippen molar-refractivity contribution in [3.05, 3.63) is 53.6 Å². The van der Waals surface area contributed by atoms with E-state index in [1.54, 1.807) is 4.90 Å². The minimum atomic E-state index is -3.85. The summed E-state index contributed by atoms with van der Waals surface area (Å²) in [6.45, 7) is 5.80. The minimum absolute atomic E-state index is 0.0408. The molecule has 2 amide bonds. The van der Waals surface area contributed by atoms with Crippen molar-refractivity contribution in [2.75, 3.05) is 16.8 Å². The summed E-state index contributed by atoms with van der Waals surface area (Å²) in [5.41, 5.74) is 3.49. The number of anilines is 2. The van der Waals surface area contributed by atoms with E-state index in [-0.39, 0.29) is 16.7 Å². The summed E-state index contributed by atoms with van der Waals surface area (Å²) in [6.07, 6.45) is 0.398. The fourth-order valence-electron chi connectivity index (χ4n) is 3.12. The smallest absolute Gasteiger partial charge is 0.245 e. The highest BCUT2D eigenvalue weighted by atomic mass is 32.2. The van der Waals surface area contributed by atoms with Gasteiger partial charge in [-0.1, -0.05) is 6.07 Å². The number of hydrogen-bond donors (Lipinski definition) is 2. The Morgan fingerprint density at radius 2 is 1.75 bits per heavy atom. The predicted molar refractivity (Wildman–Crippen MR) is 108 cm³/mol. The van der Waals surface area contributed by atoms with Gasteiger partial charge in [0.15, 0.2) is 0 Å². The van der Waals surface area contributed by atoms with Crippen LogP contribution in [0.3, 0.4) is 0 Å². The Morgan fingerprint density at radius 1 is 1.07 bits per heavy atom. The van der Waals surface area contributed by atoms with Crippen molar-refractivity contribution in [3.8, 4) is 0 Å². The van der Waals surface area contributed by atoms with Crippen molar-refractivity contribution in [3.63, 3.8) is 0 Å². The molecule has 148 valence electrons. The van der Waals surface area contributed by atoms with E-state index in [1.165, 1.54) is 31.2 Å². The molecule has 0 aromatic heterocycles. The van der Waals surface area contributed by atoms with Crippen molar-refractivity contribution < 1.29 is 18.0 Å². The lowest BCUT2D eigenvalue weighted by Crippen LogP contribution is -2.41. The van der Waals surface area contributed by atoms with E-state index in [2.05, 4.69) is 10.0 Å². The van der Waals surface area contributed by atoms with Gasteiger partial charge in [-0.15, -0.1) is 0 Å². The zero-order valence-electron chi connectivity index (χ0n) is 16.0. The molecular formula is C20H23N3O4S. The molecule has 1 aliphatic rings. The van der Waals surface area contributed by atoms with Gasteiger partial charge in [-0.05, 0) is 67.8 Å². The fourth-order valence-corrected chi connectivity index (χ4v) is 4.34. The van der Waals surface area contributed by atoms with Crippen molar-refractivity contribution in [1.29, 1.82) is 0 Å². The SMILES string of the molecule is CC(=O)Nc1ccc(S(=O)(=O)NC2CCN(c3ccc(C)c(C)c3)C2=O)cc1. The number of nitrogens with zero attached hydrogens (tertiary/aromatic N) is 1. The Bertz CT molecular complexity index is 1020. The molecule has 1 atom stereocenters. The van der Waals surface area contributed by atoms with Gasteiger partial charge in [0, 0.05) is 24.8 Å². The standard InChI is InChI=1S/C20H23N3O4S/c1-13-4-7-17(12-14(13)2)23-11-10-19(20(23)25)22-28(26,27)18-8-5-16(6-9-18)21-15(3)24/h4-9,12,19,22H,10-11H2,1-3H3,(H,21,24). The second-order valence-electron chi connectivity index (χ2n) is 6.93. The topological polar surface area (TPSA) is 95.6 Å². The van der Waals surface area contributed by atoms with Crippen LogP contribution in [0.1, 0.15) is 24.5 Å². The van der Waals surface area contributed by atoms with Crippen LogP contribution < -0.4 is 14.9 Å². The molecule has 28 heavy (non-hydrogen) atoms. The maximum atomic E-state index is 12.7. The molecule has 3 rings (SSSR count). The molecule has 0 bridgehead atoms. The van der Waals surface area contributed by atoms with Gasteiger partial charge >= 0.3 is 0 Å². The summed E-state index contributed by atoms with van der Waals surface area (Å²) >= 11 is 0.